The Morgan fingerprint density at radius 1 is 0.852 bits per heavy atom. The molecule has 0 fully saturated rings. The number of sulfonamides is 1. The minimum absolute atomic E-state index is 0.0473. The van der Waals surface area contributed by atoms with Gasteiger partial charge in [-0.15, -0.1) is 5.69 Å². The topological polar surface area (TPSA) is 77.3 Å². The Bertz CT molecular complexity index is 1070. The molecule has 1 N–H and O–H groups in total. The van der Waals surface area contributed by atoms with Crippen molar-refractivity contribution in [1.29, 1.82) is 0 Å². The van der Waals surface area contributed by atoms with E-state index in [1.54, 1.807) is 54.6 Å². The SMILES string of the molecule is O=C(Nc1ccc(Br)cc1)c1cccc(S(=O)(=O)[N-]c2ccc(Br)cc2)c1. The van der Waals surface area contributed by atoms with E-state index in [-0.39, 0.29) is 10.5 Å². The first kappa shape index (κ1) is 19.6. The van der Waals surface area contributed by atoms with E-state index in [1.807, 2.05) is 0 Å². The molecule has 8 heteroatoms. The Labute approximate surface area is 174 Å². The number of hydrogen-bond donors (Lipinski definition) is 1. The second-order valence-electron chi connectivity index (χ2n) is 5.53. The second-order valence-corrected chi connectivity index (χ2v) is 8.97. The fraction of sp³-hybridized carbons (Fsp3) is 0. The van der Waals surface area contributed by atoms with Crippen molar-refractivity contribution in [2.75, 3.05) is 5.32 Å². The molecule has 0 saturated heterocycles. The molecule has 0 bridgehead atoms. The lowest BCUT2D eigenvalue weighted by Crippen LogP contribution is -2.12. The molecule has 0 aliphatic heterocycles. The molecule has 0 saturated carbocycles. The van der Waals surface area contributed by atoms with Crippen LogP contribution in [0, 0.1) is 0 Å². The summed E-state index contributed by atoms with van der Waals surface area (Å²) in [6.07, 6.45) is 0. The number of halogens is 2. The molecule has 0 spiro atoms. The van der Waals surface area contributed by atoms with Gasteiger partial charge in [-0.25, -0.2) is 8.42 Å². The number of benzene rings is 3. The summed E-state index contributed by atoms with van der Waals surface area (Å²) in [5.74, 6) is -0.405. The van der Waals surface area contributed by atoms with Crippen molar-refractivity contribution < 1.29 is 13.2 Å². The Hall–Kier alpha value is -2.16. The second kappa shape index (κ2) is 8.24. The van der Waals surface area contributed by atoms with Crippen molar-refractivity contribution in [2.24, 2.45) is 0 Å². The van der Waals surface area contributed by atoms with Gasteiger partial charge in [0.05, 0.1) is 4.90 Å². The van der Waals surface area contributed by atoms with Crippen molar-refractivity contribution in [2.45, 2.75) is 4.90 Å². The summed E-state index contributed by atoms with van der Waals surface area (Å²) in [4.78, 5) is 12.4. The van der Waals surface area contributed by atoms with Crippen LogP contribution in [0.15, 0.2) is 86.6 Å². The Balaban J connectivity index is 1.80. The summed E-state index contributed by atoms with van der Waals surface area (Å²) >= 11 is 6.61. The van der Waals surface area contributed by atoms with Crippen molar-refractivity contribution >= 4 is 59.2 Å². The monoisotopic (exact) mass is 507 g/mol. The van der Waals surface area contributed by atoms with Crippen LogP contribution in [-0.4, -0.2) is 14.3 Å². The van der Waals surface area contributed by atoms with Crippen LogP contribution in [-0.2, 0) is 10.0 Å². The average Bonchev–Trinajstić information content (AvgIpc) is 2.65. The quantitative estimate of drug-likeness (QED) is 0.469. The maximum absolute atomic E-state index is 12.5. The third-order valence-electron chi connectivity index (χ3n) is 3.55. The highest BCUT2D eigenvalue weighted by molar-refractivity contribution is 9.10. The van der Waals surface area contributed by atoms with E-state index in [2.05, 4.69) is 41.9 Å². The van der Waals surface area contributed by atoms with Crippen LogP contribution in [0.3, 0.4) is 0 Å². The molecule has 5 nitrogen and oxygen atoms in total. The number of carbonyl (C=O) groups is 1. The molecule has 3 rings (SSSR count). The number of amides is 1. The molecule has 0 atom stereocenters. The van der Waals surface area contributed by atoms with E-state index < -0.39 is 15.9 Å². The van der Waals surface area contributed by atoms with E-state index in [9.17, 15) is 13.2 Å². The van der Waals surface area contributed by atoms with Crippen LogP contribution in [0.5, 0.6) is 0 Å². The molecular formula is C19H13Br2N2O3S-. The van der Waals surface area contributed by atoms with Crippen LogP contribution in [0.25, 0.3) is 4.72 Å². The Kier molecular flexibility index (Phi) is 5.98. The lowest BCUT2D eigenvalue weighted by molar-refractivity contribution is 0.102. The van der Waals surface area contributed by atoms with Gasteiger partial charge in [0.25, 0.3) is 5.91 Å². The maximum atomic E-state index is 12.5. The van der Waals surface area contributed by atoms with Gasteiger partial charge < -0.3 is 10.0 Å². The summed E-state index contributed by atoms with van der Waals surface area (Å²) < 4.78 is 30.6. The number of nitrogens with one attached hydrogen (secondary N) is 1. The van der Waals surface area contributed by atoms with Gasteiger partial charge in [-0.2, -0.15) is 0 Å². The molecular weight excluding hydrogens is 496 g/mol. The van der Waals surface area contributed by atoms with E-state index in [1.165, 1.54) is 18.2 Å². The smallest absolute Gasteiger partial charge is 0.255 e. The highest BCUT2D eigenvalue weighted by Gasteiger charge is 2.11. The van der Waals surface area contributed by atoms with Crippen LogP contribution in [0.4, 0.5) is 11.4 Å². The standard InChI is InChI=1S/C19H13Br2N2O3S/c20-14-4-8-16(9-5-14)22-19(24)13-2-1-3-18(12-13)27(25,26)23-17-10-6-15(21)7-11-17/h1-12H,(H,22,24)/q-1. The number of carbonyl (C=O) groups excluding carboxylic acids is 1. The van der Waals surface area contributed by atoms with Gasteiger partial charge >= 0.3 is 0 Å². The fourth-order valence-corrected chi connectivity index (χ4v) is 3.79. The van der Waals surface area contributed by atoms with Crippen molar-refractivity contribution in [3.05, 3.63) is 92.0 Å². The largest absolute Gasteiger partial charge is 0.573 e. The van der Waals surface area contributed by atoms with E-state index in [0.29, 0.717) is 11.4 Å². The molecule has 138 valence electrons. The number of anilines is 1. The predicted molar refractivity (Wildman–Crippen MR) is 113 cm³/mol. The zero-order chi connectivity index (χ0) is 19.4. The number of rotatable bonds is 5. The molecule has 1 amide bonds. The van der Waals surface area contributed by atoms with Crippen LogP contribution in [0.2, 0.25) is 0 Å². The lowest BCUT2D eigenvalue weighted by atomic mass is 10.2. The normalized spacial score (nSPS) is 11.0. The average molecular weight is 509 g/mol. The highest BCUT2D eigenvalue weighted by Crippen LogP contribution is 2.29. The summed E-state index contributed by atoms with van der Waals surface area (Å²) in [7, 11) is -3.94. The maximum Gasteiger partial charge on any atom is 0.255 e. The van der Waals surface area contributed by atoms with Gasteiger partial charge in [0.2, 0.25) is 0 Å². The summed E-state index contributed by atoms with van der Waals surface area (Å²) in [5, 5.41) is 2.73. The highest BCUT2D eigenvalue weighted by atomic mass is 79.9. The lowest BCUT2D eigenvalue weighted by Gasteiger charge is -2.22. The summed E-state index contributed by atoms with van der Waals surface area (Å²) in [5.41, 5.74) is 1.14. The third kappa shape index (κ3) is 5.18. The molecule has 0 aliphatic carbocycles. The first-order valence-corrected chi connectivity index (χ1v) is 10.8. The Morgan fingerprint density at radius 2 is 1.44 bits per heavy atom. The third-order valence-corrected chi connectivity index (χ3v) is 5.91. The predicted octanol–water partition coefficient (Wildman–Crippen LogP) is 5.86. The van der Waals surface area contributed by atoms with E-state index >= 15 is 0 Å². The van der Waals surface area contributed by atoms with Gasteiger partial charge in [-0.3, -0.25) is 4.79 Å². The minimum atomic E-state index is -3.94. The molecule has 0 heterocycles. The molecule has 0 aliphatic rings. The Morgan fingerprint density at radius 3 is 2.07 bits per heavy atom. The van der Waals surface area contributed by atoms with Crippen molar-refractivity contribution in [3.8, 4) is 0 Å². The first-order chi connectivity index (χ1) is 12.8. The number of nitrogens with zero attached hydrogens (tertiary/aromatic N) is 1. The molecule has 3 aromatic carbocycles. The van der Waals surface area contributed by atoms with Gasteiger partial charge in [-0.05, 0) is 54.6 Å². The molecule has 0 unspecified atom stereocenters. The summed E-state index contributed by atoms with van der Waals surface area (Å²) in [6, 6.07) is 19.5. The first-order valence-electron chi connectivity index (χ1n) is 7.74. The van der Waals surface area contributed by atoms with Gasteiger partial charge in [0.15, 0.2) is 0 Å². The fourth-order valence-electron chi connectivity index (χ4n) is 2.23. The van der Waals surface area contributed by atoms with Crippen LogP contribution >= 0.6 is 31.9 Å². The van der Waals surface area contributed by atoms with Crippen molar-refractivity contribution in [1.82, 2.24) is 0 Å². The van der Waals surface area contributed by atoms with E-state index in [4.69, 9.17) is 0 Å². The van der Waals surface area contributed by atoms with Crippen molar-refractivity contribution in [3.63, 3.8) is 0 Å². The zero-order valence-corrected chi connectivity index (χ0v) is 17.8. The van der Waals surface area contributed by atoms with Gasteiger partial charge in [0.1, 0.15) is 10.0 Å². The molecule has 3 aromatic rings. The van der Waals surface area contributed by atoms with E-state index in [0.717, 1.165) is 8.95 Å². The molecule has 0 aromatic heterocycles. The van der Waals surface area contributed by atoms with Crippen LogP contribution < -0.4 is 5.32 Å². The van der Waals surface area contributed by atoms with Crippen LogP contribution in [0.1, 0.15) is 10.4 Å². The zero-order valence-electron chi connectivity index (χ0n) is 13.8. The molecule has 0 radical (unpaired) electrons. The summed E-state index contributed by atoms with van der Waals surface area (Å²) in [6.45, 7) is 0. The number of hydrogen-bond acceptors (Lipinski definition) is 3. The minimum Gasteiger partial charge on any atom is -0.573 e. The molecule has 27 heavy (non-hydrogen) atoms. The van der Waals surface area contributed by atoms with Gasteiger partial charge in [0, 0.05) is 20.2 Å². The van der Waals surface area contributed by atoms with Gasteiger partial charge in [-0.1, -0.05) is 50.1 Å².